The third kappa shape index (κ3) is 4.74. The van der Waals surface area contributed by atoms with Crippen molar-refractivity contribution in [1.29, 1.82) is 0 Å². The Morgan fingerprint density at radius 2 is 1.86 bits per heavy atom. The summed E-state index contributed by atoms with van der Waals surface area (Å²) in [6, 6.07) is 16.0. The lowest BCUT2D eigenvalue weighted by molar-refractivity contribution is -0.115. The van der Waals surface area contributed by atoms with Gasteiger partial charge < -0.3 is 10.1 Å². The molecule has 3 rings (SSSR count). The highest BCUT2D eigenvalue weighted by molar-refractivity contribution is 8.00. The molecule has 3 aromatic rings. The van der Waals surface area contributed by atoms with Gasteiger partial charge in [-0.1, -0.05) is 42.1 Å². The molecule has 9 heteroatoms. The number of hydrogen-bond acceptors (Lipinski definition) is 7. The molecule has 0 aliphatic heterocycles. The molecule has 0 radical (unpaired) electrons. The van der Waals surface area contributed by atoms with Crippen LogP contribution in [0.1, 0.15) is 28.1 Å². The number of hydrogen-bond donors (Lipinski definition) is 1. The summed E-state index contributed by atoms with van der Waals surface area (Å²) in [6.45, 7) is 2.06. The minimum absolute atomic E-state index is 0.219. The van der Waals surface area contributed by atoms with Crippen LogP contribution in [0.15, 0.2) is 59.8 Å². The van der Waals surface area contributed by atoms with Crippen molar-refractivity contribution in [1.82, 2.24) is 20.2 Å². The first-order valence-electron chi connectivity index (χ1n) is 8.60. The van der Waals surface area contributed by atoms with Crippen LogP contribution in [0.4, 0.5) is 5.69 Å². The van der Waals surface area contributed by atoms with Crippen molar-refractivity contribution in [3.8, 4) is 0 Å². The van der Waals surface area contributed by atoms with E-state index in [0.717, 1.165) is 5.56 Å². The predicted molar refractivity (Wildman–Crippen MR) is 105 cm³/mol. The number of anilines is 1. The number of aryl methyl sites for hydroxylation is 1. The molecule has 1 unspecified atom stereocenters. The number of carbonyl (C=O) groups is 2. The minimum Gasteiger partial charge on any atom is -0.462 e. The summed E-state index contributed by atoms with van der Waals surface area (Å²) in [4.78, 5) is 24.7. The van der Waals surface area contributed by atoms with Crippen molar-refractivity contribution in [2.45, 2.75) is 17.3 Å². The summed E-state index contributed by atoms with van der Waals surface area (Å²) < 4.78 is 6.48. The highest BCUT2D eigenvalue weighted by Gasteiger charge is 2.24. The highest BCUT2D eigenvalue weighted by atomic mass is 32.2. The molecule has 0 aliphatic rings. The van der Waals surface area contributed by atoms with Gasteiger partial charge in [-0.3, -0.25) is 4.79 Å². The van der Waals surface area contributed by atoms with Crippen molar-refractivity contribution in [3.05, 3.63) is 65.7 Å². The van der Waals surface area contributed by atoms with E-state index in [2.05, 4.69) is 20.8 Å². The van der Waals surface area contributed by atoms with Crippen LogP contribution in [0.2, 0.25) is 0 Å². The summed E-state index contributed by atoms with van der Waals surface area (Å²) >= 11 is 1.26. The fourth-order valence-corrected chi connectivity index (χ4v) is 3.38. The zero-order chi connectivity index (χ0) is 19.9. The molecule has 1 heterocycles. The third-order valence-electron chi connectivity index (χ3n) is 3.81. The zero-order valence-electron chi connectivity index (χ0n) is 15.4. The van der Waals surface area contributed by atoms with Crippen molar-refractivity contribution < 1.29 is 14.3 Å². The van der Waals surface area contributed by atoms with Crippen molar-refractivity contribution in [2.75, 3.05) is 11.9 Å². The predicted octanol–water partition coefficient (Wildman–Crippen LogP) is 2.86. The van der Waals surface area contributed by atoms with Gasteiger partial charge in [-0.05, 0) is 47.2 Å². The fourth-order valence-electron chi connectivity index (χ4n) is 2.44. The van der Waals surface area contributed by atoms with E-state index >= 15 is 0 Å². The fraction of sp³-hybridized carbons (Fsp3) is 0.211. The number of tetrazole rings is 1. The molecule has 8 nitrogen and oxygen atoms in total. The molecule has 0 saturated heterocycles. The van der Waals surface area contributed by atoms with Crippen LogP contribution in [0.3, 0.4) is 0 Å². The average Bonchev–Trinajstić information content (AvgIpc) is 3.12. The maximum atomic E-state index is 13.0. The number of carbonyl (C=O) groups excluding carboxylic acids is 2. The Kier molecular flexibility index (Phi) is 6.38. The van der Waals surface area contributed by atoms with Crippen LogP contribution in [0, 0.1) is 0 Å². The number of nitrogens with one attached hydrogen (secondary N) is 1. The van der Waals surface area contributed by atoms with Gasteiger partial charge in [-0.15, -0.1) is 5.10 Å². The summed E-state index contributed by atoms with van der Waals surface area (Å²) in [5.41, 5.74) is 1.84. The molecule has 1 atom stereocenters. The van der Waals surface area contributed by atoms with Crippen LogP contribution in [-0.2, 0) is 16.6 Å². The Labute approximate surface area is 166 Å². The zero-order valence-corrected chi connectivity index (χ0v) is 16.2. The first-order valence-corrected chi connectivity index (χ1v) is 9.48. The van der Waals surface area contributed by atoms with E-state index in [1.165, 1.54) is 16.4 Å². The van der Waals surface area contributed by atoms with Gasteiger partial charge in [-0.2, -0.15) is 0 Å². The first-order chi connectivity index (χ1) is 13.6. The second kappa shape index (κ2) is 9.14. The molecule has 0 saturated carbocycles. The average molecular weight is 397 g/mol. The van der Waals surface area contributed by atoms with E-state index in [-0.39, 0.29) is 5.91 Å². The van der Waals surface area contributed by atoms with Crippen LogP contribution in [-0.4, -0.2) is 38.7 Å². The van der Waals surface area contributed by atoms with Crippen LogP contribution >= 0.6 is 11.8 Å². The topological polar surface area (TPSA) is 99.0 Å². The lowest BCUT2D eigenvalue weighted by Gasteiger charge is -2.16. The molecule has 1 aromatic heterocycles. The van der Waals surface area contributed by atoms with Crippen LogP contribution in [0.25, 0.3) is 0 Å². The molecular weight excluding hydrogens is 378 g/mol. The normalized spacial score (nSPS) is 11.6. The van der Waals surface area contributed by atoms with Gasteiger partial charge in [0.05, 0.1) is 12.2 Å². The standard InChI is InChI=1S/C19H19N5O3S/c1-3-27-18(26)14-9-11-15(12-10-14)20-17(25)16(13-7-5-4-6-8-13)28-19-21-22-23-24(19)2/h4-12,16H,3H2,1-2H3,(H,20,25). The smallest absolute Gasteiger partial charge is 0.338 e. The Morgan fingerprint density at radius 3 is 2.46 bits per heavy atom. The molecule has 0 aliphatic carbocycles. The minimum atomic E-state index is -0.546. The SMILES string of the molecule is CCOC(=O)c1ccc(NC(=O)C(Sc2nnnn2C)c2ccccc2)cc1. The highest BCUT2D eigenvalue weighted by Crippen LogP contribution is 2.34. The number of thioether (sulfide) groups is 1. The quantitative estimate of drug-likeness (QED) is 0.483. The second-order valence-corrected chi connectivity index (χ2v) is 6.85. The number of aromatic nitrogens is 4. The molecule has 1 N–H and O–H groups in total. The summed E-state index contributed by atoms with van der Waals surface area (Å²) in [5, 5.41) is 14.2. The number of amides is 1. The molecule has 0 spiro atoms. The van der Waals surface area contributed by atoms with E-state index in [4.69, 9.17) is 4.74 Å². The van der Waals surface area contributed by atoms with Crippen LogP contribution in [0.5, 0.6) is 0 Å². The number of rotatable bonds is 7. The molecule has 28 heavy (non-hydrogen) atoms. The number of nitrogens with zero attached hydrogens (tertiary/aromatic N) is 4. The maximum absolute atomic E-state index is 13.0. The van der Waals surface area contributed by atoms with Gasteiger partial charge in [-0.25, -0.2) is 9.48 Å². The van der Waals surface area contributed by atoms with Crippen LogP contribution < -0.4 is 5.32 Å². The molecule has 144 valence electrons. The van der Waals surface area contributed by atoms with E-state index in [1.807, 2.05) is 30.3 Å². The van der Waals surface area contributed by atoms with E-state index in [9.17, 15) is 9.59 Å². The maximum Gasteiger partial charge on any atom is 0.338 e. The Bertz CT molecular complexity index is 944. The molecular formula is C19H19N5O3S. The number of ether oxygens (including phenoxy) is 1. The molecule has 0 bridgehead atoms. The van der Waals surface area contributed by atoms with Gasteiger partial charge in [0, 0.05) is 12.7 Å². The van der Waals surface area contributed by atoms with Gasteiger partial charge in [0.15, 0.2) is 0 Å². The van der Waals surface area contributed by atoms with E-state index in [1.54, 1.807) is 38.2 Å². The van der Waals surface area contributed by atoms with E-state index in [0.29, 0.717) is 23.0 Å². The Balaban J connectivity index is 1.78. The summed E-state index contributed by atoms with van der Waals surface area (Å²) in [7, 11) is 1.72. The van der Waals surface area contributed by atoms with Crippen molar-refractivity contribution >= 4 is 29.3 Å². The number of esters is 1. The molecule has 2 aromatic carbocycles. The monoisotopic (exact) mass is 397 g/mol. The first kappa shape index (κ1) is 19.6. The summed E-state index contributed by atoms with van der Waals surface area (Å²) in [5.74, 6) is -0.615. The Morgan fingerprint density at radius 1 is 1.14 bits per heavy atom. The van der Waals surface area contributed by atoms with Gasteiger partial charge in [0.1, 0.15) is 5.25 Å². The molecule has 0 fully saturated rings. The molecule has 1 amide bonds. The van der Waals surface area contributed by atoms with Gasteiger partial charge in [0.2, 0.25) is 11.1 Å². The number of benzene rings is 2. The lowest BCUT2D eigenvalue weighted by atomic mass is 10.1. The second-order valence-electron chi connectivity index (χ2n) is 5.78. The van der Waals surface area contributed by atoms with Gasteiger partial charge in [0.25, 0.3) is 0 Å². The van der Waals surface area contributed by atoms with Gasteiger partial charge >= 0.3 is 5.97 Å². The lowest BCUT2D eigenvalue weighted by Crippen LogP contribution is -2.19. The van der Waals surface area contributed by atoms with Crippen molar-refractivity contribution in [2.24, 2.45) is 7.05 Å². The largest absolute Gasteiger partial charge is 0.462 e. The Hall–Kier alpha value is -3.20. The summed E-state index contributed by atoms with van der Waals surface area (Å²) in [6.07, 6.45) is 0. The third-order valence-corrected chi connectivity index (χ3v) is 5.09. The van der Waals surface area contributed by atoms with Crippen molar-refractivity contribution in [3.63, 3.8) is 0 Å². The van der Waals surface area contributed by atoms with E-state index < -0.39 is 11.2 Å².